The van der Waals surface area contributed by atoms with E-state index in [9.17, 15) is 0 Å². The number of quaternary nitrogens is 1. The minimum atomic E-state index is 0.221. The van der Waals surface area contributed by atoms with E-state index in [1.54, 1.807) is 6.26 Å². The number of hydrogen-bond acceptors (Lipinski definition) is 2. The van der Waals surface area contributed by atoms with E-state index in [4.69, 9.17) is 9.15 Å². The van der Waals surface area contributed by atoms with E-state index in [1.807, 2.05) is 12.1 Å². The molecule has 0 unspecified atom stereocenters. The third-order valence-corrected chi connectivity index (χ3v) is 4.46. The molecule has 0 spiro atoms. The van der Waals surface area contributed by atoms with Crippen molar-refractivity contribution in [1.29, 1.82) is 0 Å². The molecule has 0 fully saturated rings. The molecule has 1 atom stereocenters. The van der Waals surface area contributed by atoms with Crippen LogP contribution in [0.1, 0.15) is 64.2 Å². The normalized spacial score (nSPS) is 12.7. The molecule has 1 aromatic heterocycles. The third-order valence-electron chi connectivity index (χ3n) is 4.46. The Bertz CT molecular complexity index is 573. The highest BCUT2D eigenvalue weighted by atomic mass is 16.5. The number of nitrogens with two attached hydrogens (primary N) is 1. The molecule has 0 aliphatic heterocycles. The fourth-order valence-corrected chi connectivity index (χ4v) is 3.09. The van der Waals surface area contributed by atoms with Crippen molar-refractivity contribution in [2.24, 2.45) is 5.92 Å². The van der Waals surface area contributed by atoms with Gasteiger partial charge in [-0.3, -0.25) is 0 Å². The van der Waals surface area contributed by atoms with E-state index in [0.717, 1.165) is 30.5 Å². The lowest BCUT2D eigenvalue weighted by atomic mass is 9.89. The molecule has 0 aliphatic carbocycles. The van der Waals surface area contributed by atoms with Gasteiger partial charge in [0, 0.05) is 6.42 Å². The molecule has 138 valence electrons. The number of furan rings is 1. The lowest BCUT2D eigenvalue weighted by molar-refractivity contribution is -0.672. The summed E-state index contributed by atoms with van der Waals surface area (Å²) in [7, 11) is 0. The van der Waals surface area contributed by atoms with Gasteiger partial charge in [-0.15, -0.1) is 0 Å². The van der Waals surface area contributed by atoms with Crippen LogP contribution in [0.3, 0.4) is 0 Å². The maximum Gasteiger partial charge on any atom is 0.157 e. The number of ether oxygens (including phenoxy) is 1. The van der Waals surface area contributed by atoms with Gasteiger partial charge in [0.2, 0.25) is 0 Å². The quantitative estimate of drug-likeness (QED) is 0.598. The molecule has 25 heavy (non-hydrogen) atoms. The molecule has 0 saturated carbocycles. The molecule has 1 aromatic carbocycles. The molecular formula is C22H34NO2+. The summed E-state index contributed by atoms with van der Waals surface area (Å²) in [6.45, 7) is 10.8. The molecule has 2 aromatic rings. The Labute approximate surface area is 152 Å². The molecule has 2 rings (SSSR count). The molecule has 3 heteroatoms. The van der Waals surface area contributed by atoms with E-state index in [1.165, 1.54) is 24.8 Å². The predicted molar refractivity (Wildman–Crippen MR) is 103 cm³/mol. The lowest BCUT2D eigenvalue weighted by Gasteiger charge is -2.19. The first-order chi connectivity index (χ1) is 12.0. The minimum Gasteiger partial charge on any atom is -0.491 e. The first-order valence-electron chi connectivity index (χ1n) is 9.65. The monoisotopic (exact) mass is 344 g/mol. The van der Waals surface area contributed by atoms with Crippen LogP contribution in [0.5, 0.6) is 5.75 Å². The van der Waals surface area contributed by atoms with Crippen LogP contribution in [0.4, 0.5) is 0 Å². The van der Waals surface area contributed by atoms with Crippen LogP contribution in [-0.4, -0.2) is 12.6 Å². The van der Waals surface area contributed by atoms with Crippen molar-refractivity contribution >= 4 is 0 Å². The average Bonchev–Trinajstić information content (AvgIpc) is 3.08. The molecule has 3 nitrogen and oxygen atoms in total. The fraction of sp³-hybridized carbons (Fsp3) is 0.545. The van der Waals surface area contributed by atoms with Crippen molar-refractivity contribution in [2.45, 2.75) is 65.5 Å². The smallest absolute Gasteiger partial charge is 0.157 e. The van der Waals surface area contributed by atoms with Crippen LogP contribution >= 0.6 is 0 Å². The van der Waals surface area contributed by atoms with Gasteiger partial charge in [-0.25, -0.2) is 0 Å². The molecule has 1 heterocycles. The van der Waals surface area contributed by atoms with Crippen LogP contribution in [-0.2, 0) is 6.54 Å². The van der Waals surface area contributed by atoms with E-state index < -0.39 is 0 Å². The largest absolute Gasteiger partial charge is 0.491 e. The van der Waals surface area contributed by atoms with Gasteiger partial charge in [0.25, 0.3) is 0 Å². The first kappa shape index (κ1) is 19.6. The zero-order valence-corrected chi connectivity index (χ0v) is 16.2. The summed E-state index contributed by atoms with van der Waals surface area (Å²) in [4.78, 5) is 0. The van der Waals surface area contributed by atoms with Gasteiger partial charge in [-0.1, -0.05) is 32.4 Å². The highest BCUT2D eigenvalue weighted by molar-refractivity contribution is 5.29. The van der Waals surface area contributed by atoms with Crippen LogP contribution in [0, 0.1) is 5.92 Å². The minimum absolute atomic E-state index is 0.221. The van der Waals surface area contributed by atoms with Gasteiger partial charge in [-0.2, -0.15) is 0 Å². The Kier molecular flexibility index (Phi) is 8.07. The topological polar surface area (TPSA) is 39.0 Å². The Balaban J connectivity index is 1.89. The van der Waals surface area contributed by atoms with Crippen molar-refractivity contribution in [3.05, 3.63) is 54.0 Å². The van der Waals surface area contributed by atoms with Gasteiger partial charge >= 0.3 is 0 Å². The highest BCUT2D eigenvalue weighted by Gasteiger charge is 2.14. The van der Waals surface area contributed by atoms with Crippen molar-refractivity contribution in [3.63, 3.8) is 0 Å². The predicted octanol–water partition coefficient (Wildman–Crippen LogP) is 4.74. The van der Waals surface area contributed by atoms with E-state index >= 15 is 0 Å². The summed E-state index contributed by atoms with van der Waals surface area (Å²) in [5, 5.41) is 2.34. The Hall–Kier alpha value is -1.74. The maximum atomic E-state index is 5.77. The van der Waals surface area contributed by atoms with Crippen molar-refractivity contribution in [2.75, 3.05) is 6.54 Å². The lowest BCUT2D eigenvalue weighted by Crippen LogP contribution is -2.82. The maximum absolute atomic E-state index is 5.77. The zero-order chi connectivity index (χ0) is 18.1. The van der Waals surface area contributed by atoms with Crippen LogP contribution in [0.15, 0.2) is 47.1 Å². The number of benzene rings is 1. The number of rotatable bonds is 11. The second-order valence-corrected chi connectivity index (χ2v) is 7.55. The van der Waals surface area contributed by atoms with Crippen molar-refractivity contribution < 1.29 is 14.5 Å². The fourth-order valence-electron chi connectivity index (χ4n) is 3.09. The molecule has 0 amide bonds. The van der Waals surface area contributed by atoms with Gasteiger partial charge in [-0.05, 0) is 61.9 Å². The van der Waals surface area contributed by atoms with Gasteiger partial charge in [0.1, 0.15) is 12.3 Å². The Morgan fingerprint density at radius 2 is 1.72 bits per heavy atom. The van der Waals surface area contributed by atoms with E-state index in [0.29, 0.717) is 5.92 Å². The summed E-state index contributed by atoms with van der Waals surface area (Å²) in [5.74, 6) is 3.38. The van der Waals surface area contributed by atoms with Gasteiger partial charge in [0.05, 0.1) is 18.9 Å². The van der Waals surface area contributed by atoms with Crippen molar-refractivity contribution in [3.8, 4) is 5.75 Å². The molecule has 0 radical (unpaired) electrons. The summed E-state index contributed by atoms with van der Waals surface area (Å²) in [6, 6.07) is 12.7. The highest BCUT2D eigenvalue weighted by Crippen LogP contribution is 2.28. The summed E-state index contributed by atoms with van der Waals surface area (Å²) in [5.41, 5.74) is 1.43. The van der Waals surface area contributed by atoms with Gasteiger partial charge < -0.3 is 14.5 Å². The summed E-state index contributed by atoms with van der Waals surface area (Å²) in [6.07, 6.45) is 5.68. The summed E-state index contributed by atoms with van der Waals surface area (Å²) >= 11 is 0. The Morgan fingerprint density at radius 1 is 0.960 bits per heavy atom. The third kappa shape index (κ3) is 7.35. The molecule has 0 aliphatic rings. The summed E-state index contributed by atoms with van der Waals surface area (Å²) < 4.78 is 11.2. The van der Waals surface area contributed by atoms with Crippen LogP contribution < -0.4 is 10.1 Å². The standard InChI is InChI=1S/C22H33NO2/c1-17(2)7-8-20(13-14-23-16-22-6-5-15-24-22)19-9-11-21(12-10-19)25-18(3)4/h5-6,9-12,15,17-18,20,23H,7-8,13-14,16H2,1-4H3/p+1/t20-/m1/s1. The first-order valence-corrected chi connectivity index (χ1v) is 9.65. The second kappa shape index (κ2) is 10.3. The molecule has 0 bridgehead atoms. The molecule has 0 saturated heterocycles. The Morgan fingerprint density at radius 3 is 2.32 bits per heavy atom. The SMILES string of the molecule is CC(C)CC[C@H](CC[NH2+]Cc1ccco1)c1ccc(OC(C)C)cc1. The van der Waals surface area contributed by atoms with Crippen LogP contribution in [0.2, 0.25) is 0 Å². The van der Waals surface area contributed by atoms with E-state index in [2.05, 4.69) is 57.3 Å². The average molecular weight is 345 g/mol. The van der Waals surface area contributed by atoms with Crippen molar-refractivity contribution in [1.82, 2.24) is 0 Å². The number of hydrogen-bond donors (Lipinski definition) is 1. The second-order valence-electron chi connectivity index (χ2n) is 7.55. The van der Waals surface area contributed by atoms with E-state index in [-0.39, 0.29) is 6.10 Å². The van der Waals surface area contributed by atoms with Gasteiger partial charge in [0.15, 0.2) is 5.76 Å². The van der Waals surface area contributed by atoms with Crippen LogP contribution in [0.25, 0.3) is 0 Å². The zero-order valence-electron chi connectivity index (χ0n) is 16.2. The molecule has 2 N–H and O–H groups in total. The molecular weight excluding hydrogens is 310 g/mol.